The van der Waals surface area contributed by atoms with Gasteiger partial charge in [0.05, 0.1) is 17.5 Å². The Balaban J connectivity index is 2.10. The molecule has 3 N–H and O–H groups in total. The highest BCUT2D eigenvalue weighted by molar-refractivity contribution is 5.79. The molecule has 0 bridgehead atoms. The molecule has 0 radical (unpaired) electrons. The van der Waals surface area contributed by atoms with Gasteiger partial charge in [0.15, 0.2) is 0 Å². The maximum Gasteiger partial charge on any atom is 0.416 e. The quantitative estimate of drug-likeness (QED) is 0.898. The van der Waals surface area contributed by atoms with Gasteiger partial charge in [-0.2, -0.15) is 13.2 Å². The zero-order chi connectivity index (χ0) is 15.5. The normalized spacial score (nSPS) is 17.7. The Kier molecular flexibility index (Phi) is 4.56. The Bertz CT molecular complexity index is 508. The van der Waals surface area contributed by atoms with E-state index in [1.54, 1.807) is 0 Å². The molecule has 0 aliphatic heterocycles. The Morgan fingerprint density at radius 3 is 2.43 bits per heavy atom. The third-order valence-electron chi connectivity index (χ3n) is 4.03. The van der Waals surface area contributed by atoms with Gasteiger partial charge in [0.2, 0.25) is 5.91 Å². The van der Waals surface area contributed by atoms with E-state index in [4.69, 9.17) is 5.73 Å². The molecule has 3 nitrogen and oxygen atoms in total. The van der Waals surface area contributed by atoms with E-state index in [1.165, 1.54) is 18.2 Å². The van der Waals surface area contributed by atoms with E-state index in [-0.39, 0.29) is 12.0 Å². The smallest absolute Gasteiger partial charge is 0.349 e. The van der Waals surface area contributed by atoms with Crippen molar-refractivity contribution in [1.29, 1.82) is 0 Å². The fraction of sp³-hybridized carbons (Fsp3) is 0.533. The van der Waals surface area contributed by atoms with Crippen molar-refractivity contribution >= 4 is 5.91 Å². The molecule has 116 valence electrons. The molecular formula is C15H19F3N2O. The fourth-order valence-corrected chi connectivity index (χ4v) is 2.90. The summed E-state index contributed by atoms with van der Waals surface area (Å²) >= 11 is 0. The number of carbonyl (C=O) groups is 1. The van der Waals surface area contributed by atoms with Gasteiger partial charge in [-0.05, 0) is 24.5 Å². The molecule has 1 saturated carbocycles. The van der Waals surface area contributed by atoms with Gasteiger partial charge in [-0.1, -0.05) is 31.0 Å². The van der Waals surface area contributed by atoms with Gasteiger partial charge in [-0.3, -0.25) is 4.79 Å². The Labute approximate surface area is 121 Å². The third-order valence-corrected chi connectivity index (χ3v) is 4.03. The van der Waals surface area contributed by atoms with Crippen LogP contribution in [0.5, 0.6) is 0 Å². The van der Waals surface area contributed by atoms with E-state index in [9.17, 15) is 18.0 Å². The molecule has 21 heavy (non-hydrogen) atoms. The second-order valence-electron chi connectivity index (χ2n) is 5.57. The summed E-state index contributed by atoms with van der Waals surface area (Å²) in [5.74, 6) is -0.404. The maximum absolute atomic E-state index is 12.9. The van der Waals surface area contributed by atoms with Crippen molar-refractivity contribution in [2.75, 3.05) is 6.54 Å². The summed E-state index contributed by atoms with van der Waals surface area (Å²) in [6.45, 7) is 0.319. The number of nitrogens with two attached hydrogens (primary N) is 1. The lowest BCUT2D eigenvalue weighted by Crippen LogP contribution is -2.52. The van der Waals surface area contributed by atoms with E-state index in [2.05, 4.69) is 5.32 Å². The number of hydrogen-bond acceptors (Lipinski definition) is 2. The zero-order valence-corrected chi connectivity index (χ0v) is 11.7. The van der Waals surface area contributed by atoms with Gasteiger partial charge >= 0.3 is 6.18 Å². The summed E-state index contributed by atoms with van der Waals surface area (Å²) in [6, 6.07) is 5.16. The van der Waals surface area contributed by atoms with E-state index in [1.807, 2.05) is 0 Å². The minimum atomic E-state index is -4.45. The molecule has 1 amide bonds. The monoisotopic (exact) mass is 300 g/mol. The lowest BCUT2D eigenvalue weighted by Gasteiger charge is -2.29. The van der Waals surface area contributed by atoms with Crippen LogP contribution in [0.25, 0.3) is 0 Å². The van der Waals surface area contributed by atoms with E-state index in [0.29, 0.717) is 6.54 Å². The number of carbonyl (C=O) groups excluding carboxylic acids is 1. The zero-order valence-electron chi connectivity index (χ0n) is 11.7. The minimum absolute atomic E-state index is 0.00679. The maximum atomic E-state index is 12.9. The summed E-state index contributed by atoms with van der Waals surface area (Å²) in [5, 5.41) is 2.84. The van der Waals surface area contributed by atoms with Crippen LogP contribution in [0.2, 0.25) is 0 Å². The van der Waals surface area contributed by atoms with Crippen LogP contribution in [0.15, 0.2) is 24.3 Å². The molecule has 1 aliphatic rings. The van der Waals surface area contributed by atoms with Crippen LogP contribution in [-0.2, 0) is 17.4 Å². The van der Waals surface area contributed by atoms with Crippen molar-refractivity contribution < 1.29 is 18.0 Å². The molecule has 1 fully saturated rings. The fourth-order valence-electron chi connectivity index (χ4n) is 2.90. The molecule has 0 atom stereocenters. The lowest BCUT2D eigenvalue weighted by atomic mass is 9.96. The summed E-state index contributed by atoms with van der Waals surface area (Å²) < 4.78 is 38.7. The molecule has 1 aliphatic carbocycles. The average Bonchev–Trinajstić information content (AvgIpc) is 2.87. The molecular weight excluding hydrogens is 281 g/mol. The number of halogens is 3. The van der Waals surface area contributed by atoms with Gasteiger partial charge in [0, 0.05) is 6.54 Å². The predicted molar refractivity (Wildman–Crippen MR) is 73.5 cm³/mol. The molecule has 6 heteroatoms. The highest BCUT2D eigenvalue weighted by atomic mass is 19.4. The molecule has 0 saturated heterocycles. The summed E-state index contributed by atoms with van der Waals surface area (Å²) in [5.41, 5.74) is 4.51. The topological polar surface area (TPSA) is 55.1 Å². The lowest BCUT2D eigenvalue weighted by molar-refractivity contribution is -0.138. The second kappa shape index (κ2) is 6.05. The third kappa shape index (κ3) is 3.75. The standard InChI is InChI=1S/C15H19F3N2O/c16-15(17,18)12-6-2-1-5-11(12)9-13(21)20-14(10-19)7-3-4-8-14/h1-2,5-6H,3-4,7-10,19H2,(H,20,21). The molecule has 0 unspecified atom stereocenters. The first-order chi connectivity index (χ1) is 9.86. The second-order valence-corrected chi connectivity index (χ2v) is 5.57. The predicted octanol–water partition coefficient (Wildman–Crippen LogP) is 2.64. The number of nitrogens with one attached hydrogen (secondary N) is 1. The summed E-state index contributed by atoms with van der Waals surface area (Å²) in [4.78, 5) is 12.1. The van der Waals surface area contributed by atoms with Gasteiger partial charge in [0.1, 0.15) is 0 Å². The first-order valence-electron chi connectivity index (χ1n) is 7.02. The number of rotatable bonds is 4. The summed E-state index contributed by atoms with van der Waals surface area (Å²) in [6.07, 6.45) is -1.19. The van der Waals surface area contributed by atoms with Crippen molar-refractivity contribution in [3.05, 3.63) is 35.4 Å². The van der Waals surface area contributed by atoms with Crippen LogP contribution in [0.4, 0.5) is 13.2 Å². The molecule has 1 aromatic rings. The molecule has 0 heterocycles. The molecule has 1 aromatic carbocycles. The molecule has 2 rings (SSSR count). The Morgan fingerprint density at radius 2 is 1.86 bits per heavy atom. The van der Waals surface area contributed by atoms with Crippen molar-refractivity contribution in [1.82, 2.24) is 5.32 Å². The SMILES string of the molecule is NCC1(NC(=O)Cc2ccccc2C(F)(F)F)CCCC1. The summed E-state index contributed by atoms with van der Waals surface area (Å²) in [7, 11) is 0. The number of benzene rings is 1. The highest BCUT2D eigenvalue weighted by Gasteiger charge is 2.36. The van der Waals surface area contributed by atoms with Gasteiger partial charge < -0.3 is 11.1 Å². The van der Waals surface area contributed by atoms with E-state index >= 15 is 0 Å². The number of alkyl halides is 3. The van der Waals surface area contributed by atoms with Crippen LogP contribution in [0.1, 0.15) is 36.8 Å². The van der Waals surface area contributed by atoms with Gasteiger partial charge in [-0.25, -0.2) is 0 Å². The first kappa shape index (κ1) is 15.8. The molecule has 0 aromatic heterocycles. The van der Waals surface area contributed by atoms with Crippen LogP contribution >= 0.6 is 0 Å². The average molecular weight is 300 g/mol. The minimum Gasteiger partial charge on any atom is -0.349 e. The van der Waals surface area contributed by atoms with Crippen molar-refractivity contribution in [3.8, 4) is 0 Å². The van der Waals surface area contributed by atoms with Gasteiger partial charge in [0.25, 0.3) is 0 Å². The van der Waals surface area contributed by atoms with E-state index in [0.717, 1.165) is 31.7 Å². The number of hydrogen-bond donors (Lipinski definition) is 2. The highest BCUT2D eigenvalue weighted by Crippen LogP contribution is 2.32. The number of amides is 1. The van der Waals surface area contributed by atoms with Crippen LogP contribution in [0, 0.1) is 0 Å². The van der Waals surface area contributed by atoms with Crippen LogP contribution < -0.4 is 11.1 Å². The molecule has 0 spiro atoms. The Morgan fingerprint density at radius 1 is 1.24 bits per heavy atom. The largest absolute Gasteiger partial charge is 0.416 e. The van der Waals surface area contributed by atoms with E-state index < -0.39 is 23.2 Å². The van der Waals surface area contributed by atoms with Crippen LogP contribution in [0.3, 0.4) is 0 Å². The van der Waals surface area contributed by atoms with Crippen molar-refractivity contribution in [3.63, 3.8) is 0 Å². The first-order valence-corrected chi connectivity index (χ1v) is 7.02. The van der Waals surface area contributed by atoms with Gasteiger partial charge in [-0.15, -0.1) is 0 Å². The Hall–Kier alpha value is -1.56. The van der Waals surface area contributed by atoms with Crippen molar-refractivity contribution in [2.24, 2.45) is 5.73 Å². The van der Waals surface area contributed by atoms with Crippen LogP contribution in [-0.4, -0.2) is 18.0 Å². The van der Waals surface area contributed by atoms with Crippen molar-refractivity contribution in [2.45, 2.75) is 43.8 Å².